The van der Waals surface area contributed by atoms with Gasteiger partial charge in [0.25, 0.3) is 0 Å². The number of hydrogen-bond donors (Lipinski definition) is 1. The molecule has 0 saturated carbocycles. The van der Waals surface area contributed by atoms with E-state index in [-0.39, 0.29) is 11.8 Å². The fourth-order valence-corrected chi connectivity index (χ4v) is 1.89. The molecule has 104 valence electrons. The van der Waals surface area contributed by atoms with Crippen LogP contribution in [-0.2, 0) is 11.3 Å². The maximum absolute atomic E-state index is 13.1. The predicted molar refractivity (Wildman–Crippen MR) is 76.5 cm³/mol. The summed E-state index contributed by atoms with van der Waals surface area (Å²) in [5.74, 6) is -0.726. The molecule has 0 radical (unpaired) electrons. The third-order valence-corrected chi connectivity index (χ3v) is 3.12. The number of nitrogens with one attached hydrogen (secondary N) is 1. The second kappa shape index (κ2) is 6.39. The fraction of sp³-hybridized carbons (Fsp3) is 0.133. The molecule has 2 rings (SSSR count). The van der Waals surface area contributed by atoms with Crippen molar-refractivity contribution in [3.05, 3.63) is 64.4 Å². The molecule has 2 aromatic carbocycles. The summed E-state index contributed by atoms with van der Waals surface area (Å²) in [6, 6.07) is 11.1. The first kappa shape index (κ1) is 14.3. The minimum absolute atomic E-state index is 0.349. The zero-order valence-corrected chi connectivity index (χ0v) is 11.6. The molecule has 0 aliphatic heterocycles. The van der Waals surface area contributed by atoms with Crippen LogP contribution in [-0.4, -0.2) is 13.1 Å². The number of methoxy groups -OCH3 is 1. The molecule has 0 aromatic heterocycles. The van der Waals surface area contributed by atoms with Gasteiger partial charge in [0.2, 0.25) is 0 Å². The van der Waals surface area contributed by atoms with Crippen LogP contribution in [0.3, 0.4) is 0 Å². The summed E-state index contributed by atoms with van der Waals surface area (Å²) in [4.78, 5) is 11.3. The van der Waals surface area contributed by atoms with Crippen molar-refractivity contribution in [3.8, 4) is 0 Å². The van der Waals surface area contributed by atoms with Crippen LogP contribution < -0.4 is 5.32 Å². The maximum atomic E-state index is 13.1. The summed E-state index contributed by atoms with van der Waals surface area (Å²) >= 11 is 5.96. The zero-order chi connectivity index (χ0) is 14.5. The highest BCUT2D eigenvalue weighted by Gasteiger charge is 2.05. The van der Waals surface area contributed by atoms with Crippen LogP contribution in [0, 0.1) is 5.82 Å². The molecule has 0 fully saturated rings. The van der Waals surface area contributed by atoms with E-state index in [1.165, 1.54) is 25.3 Å². The van der Waals surface area contributed by atoms with Gasteiger partial charge in [-0.05, 0) is 35.9 Å². The van der Waals surface area contributed by atoms with Crippen LogP contribution in [0.25, 0.3) is 0 Å². The number of esters is 1. The quantitative estimate of drug-likeness (QED) is 0.870. The van der Waals surface area contributed by atoms with Gasteiger partial charge in [0, 0.05) is 6.54 Å². The maximum Gasteiger partial charge on any atom is 0.337 e. The highest BCUT2D eigenvalue weighted by atomic mass is 35.5. The van der Waals surface area contributed by atoms with Gasteiger partial charge < -0.3 is 10.1 Å². The molecule has 0 aliphatic rings. The normalized spacial score (nSPS) is 10.2. The smallest absolute Gasteiger partial charge is 0.337 e. The number of benzene rings is 2. The van der Waals surface area contributed by atoms with Gasteiger partial charge in [-0.1, -0.05) is 23.7 Å². The molecule has 3 nitrogen and oxygen atoms in total. The summed E-state index contributed by atoms with van der Waals surface area (Å²) in [6.45, 7) is 0.477. The topological polar surface area (TPSA) is 38.3 Å². The molecule has 0 aliphatic carbocycles. The lowest BCUT2D eigenvalue weighted by molar-refractivity contribution is 0.0600. The van der Waals surface area contributed by atoms with Crippen molar-refractivity contribution < 1.29 is 13.9 Å². The van der Waals surface area contributed by atoms with Gasteiger partial charge in [0.05, 0.1) is 23.4 Å². The molecule has 0 amide bonds. The van der Waals surface area contributed by atoms with Gasteiger partial charge in [-0.2, -0.15) is 0 Å². The third-order valence-electron chi connectivity index (χ3n) is 2.79. The Morgan fingerprint density at radius 2 is 1.95 bits per heavy atom. The Labute approximate surface area is 121 Å². The molecule has 1 N–H and O–H groups in total. The van der Waals surface area contributed by atoms with E-state index in [9.17, 15) is 9.18 Å². The molecule has 2 aromatic rings. The Bertz CT molecular complexity index is 614. The average molecular weight is 294 g/mol. The molecular formula is C15H13ClFNO2. The Hall–Kier alpha value is -2.07. The fourth-order valence-electron chi connectivity index (χ4n) is 1.71. The monoisotopic (exact) mass is 293 g/mol. The van der Waals surface area contributed by atoms with Gasteiger partial charge in [0.15, 0.2) is 0 Å². The molecule has 0 heterocycles. The first-order chi connectivity index (χ1) is 9.60. The van der Waals surface area contributed by atoms with E-state index < -0.39 is 0 Å². The molecule has 0 atom stereocenters. The van der Waals surface area contributed by atoms with Crippen molar-refractivity contribution in [3.63, 3.8) is 0 Å². The van der Waals surface area contributed by atoms with Gasteiger partial charge >= 0.3 is 5.97 Å². The van der Waals surface area contributed by atoms with Gasteiger partial charge in [0.1, 0.15) is 5.82 Å². The second-order valence-electron chi connectivity index (χ2n) is 4.17. The second-order valence-corrected chi connectivity index (χ2v) is 4.57. The zero-order valence-electron chi connectivity index (χ0n) is 10.8. The molecule has 5 heteroatoms. The third kappa shape index (κ3) is 3.48. The summed E-state index contributed by atoms with van der Waals surface area (Å²) in [5, 5.41) is 3.50. The summed E-state index contributed by atoms with van der Waals surface area (Å²) in [5.41, 5.74) is 1.96. The molecule has 0 bridgehead atoms. The summed E-state index contributed by atoms with van der Waals surface area (Å²) < 4.78 is 17.7. The van der Waals surface area contributed by atoms with E-state index in [4.69, 9.17) is 11.6 Å². The highest BCUT2D eigenvalue weighted by molar-refractivity contribution is 6.33. The molecule has 0 saturated heterocycles. The van der Waals surface area contributed by atoms with E-state index in [0.29, 0.717) is 22.8 Å². The van der Waals surface area contributed by atoms with Crippen LogP contribution in [0.2, 0.25) is 5.02 Å². The Morgan fingerprint density at radius 1 is 1.25 bits per heavy atom. The van der Waals surface area contributed by atoms with E-state index in [1.807, 2.05) is 0 Å². The summed E-state index contributed by atoms with van der Waals surface area (Å²) in [7, 11) is 1.34. The molecule has 0 spiro atoms. The molecule has 0 unspecified atom stereocenters. The van der Waals surface area contributed by atoms with Crippen molar-refractivity contribution in [2.75, 3.05) is 12.4 Å². The minimum Gasteiger partial charge on any atom is -0.465 e. The number of carbonyl (C=O) groups is 1. The van der Waals surface area contributed by atoms with Crippen molar-refractivity contribution in [1.82, 2.24) is 0 Å². The number of halogens is 2. The van der Waals surface area contributed by atoms with Gasteiger partial charge in [-0.3, -0.25) is 0 Å². The molecular weight excluding hydrogens is 281 g/mol. The highest BCUT2D eigenvalue weighted by Crippen LogP contribution is 2.23. The van der Waals surface area contributed by atoms with Gasteiger partial charge in [-0.25, -0.2) is 9.18 Å². The Balaban J connectivity index is 2.04. The number of hydrogen-bond acceptors (Lipinski definition) is 3. The first-order valence-electron chi connectivity index (χ1n) is 5.96. The van der Waals surface area contributed by atoms with E-state index in [1.54, 1.807) is 24.3 Å². The SMILES string of the molecule is COC(=O)c1ccc(CNc2cc(F)ccc2Cl)cc1. The van der Waals surface area contributed by atoms with E-state index in [0.717, 1.165) is 5.56 Å². The van der Waals surface area contributed by atoms with Crippen molar-refractivity contribution >= 4 is 23.3 Å². The molecule has 20 heavy (non-hydrogen) atoms. The predicted octanol–water partition coefficient (Wildman–Crippen LogP) is 3.88. The number of anilines is 1. The Morgan fingerprint density at radius 3 is 2.60 bits per heavy atom. The van der Waals surface area contributed by atoms with Crippen LogP contribution in [0.1, 0.15) is 15.9 Å². The van der Waals surface area contributed by atoms with Crippen molar-refractivity contribution in [2.45, 2.75) is 6.54 Å². The van der Waals surface area contributed by atoms with Crippen molar-refractivity contribution in [1.29, 1.82) is 0 Å². The number of carbonyl (C=O) groups excluding carboxylic acids is 1. The Kier molecular flexibility index (Phi) is 4.58. The average Bonchev–Trinajstić information content (AvgIpc) is 2.48. The largest absolute Gasteiger partial charge is 0.465 e. The van der Waals surface area contributed by atoms with Crippen LogP contribution in [0.5, 0.6) is 0 Å². The number of ether oxygens (including phenoxy) is 1. The van der Waals surface area contributed by atoms with Crippen molar-refractivity contribution in [2.24, 2.45) is 0 Å². The van der Waals surface area contributed by atoms with Crippen LogP contribution in [0.15, 0.2) is 42.5 Å². The van der Waals surface area contributed by atoms with E-state index in [2.05, 4.69) is 10.1 Å². The van der Waals surface area contributed by atoms with Gasteiger partial charge in [-0.15, -0.1) is 0 Å². The first-order valence-corrected chi connectivity index (χ1v) is 6.34. The van der Waals surface area contributed by atoms with Crippen LogP contribution in [0.4, 0.5) is 10.1 Å². The summed E-state index contributed by atoms with van der Waals surface area (Å²) in [6.07, 6.45) is 0. The minimum atomic E-state index is -0.377. The van der Waals surface area contributed by atoms with E-state index >= 15 is 0 Å². The lowest BCUT2D eigenvalue weighted by atomic mass is 10.1. The lowest BCUT2D eigenvalue weighted by Crippen LogP contribution is -2.03. The van der Waals surface area contributed by atoms with Crippen LogP contribution >= 0.6 is 11.6 Å². The lowest BCUT2D eigenvalue weighted by Gasteiger charge is -2.09. The standard InChI is InChI=1S/C15H13ClFNO2/c1-20-15(19)11-4-2-10(3-5-11)9-18-14-8-12(17)6-7-13(14)16/h2-8,18H,9H2,1H3. The number of rotatable bonds is 4.